The van der Waals surface area contributed by atoms with E-state index in [1.54, 1.807) is 19.1 Å². The second-order valence-corrected chi connectivity index (χ2v) is 10.8. The third kappa shape index (κ3) is 7.72. The van der Waals surface area contributed by atoms with Gasteiger partial charge in [-0.1, -0.05) is 33.3 Å². The van der Waals surface area contributed by atoms with E-state index in [0.29, 0.717) is 35.7 Å². The number of pyridine rings is 2. The molecule has 3 rings (SSSR count). The molecule has 0 aliphatic heterocycles. The Morgan fingerprint density at radius 3 is 2.54 bits per heavy atom. The number of amides is 1. The number of carbonyl (C=O) groups excluding carboxylic acids is 1. The molecular weight excluding hydrogens is 497 g/mol. The summed E-state index contributed by atoms with van der Waals surface area (Å²) < 4.78 is 53.5. The summed E-state index contributed by atoms with van der Waals surface area (Å²) in [6, 6.07) is 11.6. The lowest BCUT2D eigenvalue weighted by Gasteiger charge is -2.17. The molecule has 10 heteroatoms. The van der Waals surface area contributed by atoms with Crippen LogP contribution in [0.5, 0.6) is 11.6 Å². The van der Waals surface area contributed by atoms with Gasteiger partial charge in [0.1, 0.15) is 17.1 Å². The molecule has 2 aromatic heterocycles. The standard InChI is InChI=1S/C27H32FN3O5S.2H2/c1-6-8-19(5)36-27-23(26(32)31-37(33,34)25-10-7-9-18(4)29-25)11-12-24(30-27)20-13-21(28)15-22(14-20)35-16-17(2)3;;/h7,9-15,17,19H,6,8,16H2,1-5H3,(H,31,32);2*1H. The molecule has 1 atom stereocenters. The van der Waals surface area contributed by atoms with Crippen molar-refractivity contribution in [3.63, 3.8) is 0 Å². The summed E-state index contributed by atoms with van der Waals surface area (Å²) in [5, 5.41) is -0.277. The van der Waals surface area contributed by atoms with Crippen molar-refractivity contribution in [1.29, 1.82) is 0 Å². The molecule has 0 bridgehead atoms. The zero-order chi connectivity index (χ0) is 27.2. The molecule has 1 aromatic carbocycles. The van der Waals surface area contributed by atoms with Crippen LogP contribution in [-0.2, 0) is 10.0 Å². The van der Waals surface area contributed by atoms with Gasteiger partial charge in [-0.15, -0.1) is 0 Å². The van der Waals surface area contributed by atoms with E-state index in [1.165, 1.54) is 36.4 Å². The number of sulfonamides is 1. The summed E-state index contributed by atoms with van der Waals surface area (Å²) in [5.41, 5.74) is 1.18. The molecule has 0 aliphatic rings. The SMILES string of the molecule is CCCC(C)Oc1nc(-c2cc(F)cc(OCC(C)C)c2)ccc1C(=O)NS(=O)(=O)c1cccc(C)n1.[HH].[HH]. The maximum absolute atomic E-state index is 14.4. The third-order valence-electron chi connectivity index (χ3n) is 5.23. The van der Waals surface area contributed by atoms with Gasteiger partial charge in [0.15, 0.2) is 5.03 Å². The molecular formula is C27H36FN3O5S. The number of aryl methyl sites for hydroxylation is 1. The van der Waals surface area contributed by atoms with Gasteiger partial charge < -0.3 is 9.47 Å². The van der Waals surface area contributed by atoms with Gasteiger partial charge in [0.2, 0.25) is 5.88 Å². The fraction of sp³-hybridized carbons (Fsp3) is 0.370. The Bertz CT molecular complexity index is 1370. The van der Waals surface area contributed by atoms with E-state index >= 15 is 0 Å². The van der Waals surface area contributed by atoms with E-state index in [0.717, 1.165) is 6.42 Å². The van der Waals surface area contributed by atoms with Gasteiger partial charge in [-0.05, 0) is 62.6 Å². The highest BCUT2D eigenvalue weighted by Crippen LogP contribution is 2.29. The number of hydrogen-bond acceptors (Lipinski definition) is 7. The van der Waals surface area contributed by atoms with Crippen molar-refractivity contribution >= 4 is 15.9 Å². The normalized spacial score (nSPS) is 12.3. The Labute approximate surface area is 220 Å². The molecule has 8 nitrogen and oxygen atoms in total. The largest absolute Gasteiger partial charge is 0.493 e. The number of aromatic nitrogens is 2. The van der Waals surface area contributed by atoms with Gasteiger partial charge in [0, 0.05) is 20.2 Å². The van der Waals surface area contributed by atoms with Gasteiger partial charge in [-0.25, -0.2) is 19.1 Å². The number of rotatable bonds is 11. The zero-order valence-corrected chi connectivity index (χ0v) is 22.4. The van der Waals surface area contributed by atoms with Crippen LogP contribution in [0.2, 0.25) is 0 Å². The predicted molar refractivity (Wildman–Crippen MR) is 143 cm³/mol. The summed E-state index contributed by atoms with van der Waals surface area (Å²) in [6.45, 7) is 9.86. The van der Waals surface area contributed by atoms with Crippen LogP contribution in [0.3, 0.4) is 0 Å². The summed E-state index contributed by atoms with van der Waals surface area (Å²) >= 11 is 0. The van der Waals surface area contributed by atoms with Gasteiger partial charge >= 0.3 is 0 Å². The Morgan fingerprint density at radius 2 is 1.86 bits per heavy atom. The second-order valence-electron chi connectivity index (χ2n) is 9.20. The predicted octanol–water partition coefficient (Wildman–Crippen LogP) is 5.80. The highest BCUT2D eigenvalue weighted by molar-refractivity contribution is 7.90. The van der Waals surface area contributed by atoms with E-state index in [2.05, 4.69) is 9.97 Å². The quantitative estimate of drug-likeness (QED) is 0.332. The lowest BCUT2D eigenvalue weighted by molar-refractivity contribution is 0.0972. The van der Waals surface area contributed by atoms with Crippen molar-refractivity contribution in [2.75, 3.05) is 6.61 Å². The van der Waals surface area contributed by atoms with Crippen molar-refractivity contribution in [3.8, 4) is 22.9 Å². The first kappa shape index (κ1) is 28.0. The van der Waals surface area contributed by atoms with Gasteiger partial charge in [0.25, 0.3) is 15.9 Å². The van der Waals surface area contributed by atoms with E-state index < -0.39 is 21.7 Å². The van der Waals surface area contributed by atoms with Crippen LogP contribution in [0.15, 0.2) is 53.6 Å². The first-order chi connectivity index (χ1) is 17.5. The Morgan fingerprint density at radius 1 is 1.11 bits per heavy atom. The number of benzene rings is 1. The van der Waals surface area contributed by atoms with E-state index in [4.69, 9.17) is 9.47 Å². The maximum atomic E-state index is 14.4. The molecule has 0 radical (unpaired) electrons. The number of carbonyl (C=O) groups is 1. The number of hydrogen-bond donors (Lipinski definition) is 1. The van der Waals surface area contributed by atoms with Gasteiger partial charge in [0.05, 0.1) is 18.4 Å². The summed E-state index contributed by atoms with van der Waals surface area (Å²) in [5.74, 6) is -0.864. The van der Waals surface area contributed by atoms with Crippen molar-refractivity contribution in [2.45, 2.75) is 58.6 Å². The van der Waals surface area contributed by atoms with Crippen LogP contribution in [0, 0.1) is 18.7 Å². The maximum Gasteiger partial charge on any atom is 0.281 e. The Kier molecular flexibility index (Phi) is 9.20. The van der Waals surface area contributed by atoms with Crippen LogP contribution in [0.25, 0.3) is 11.3 Å². The molecule has 0 saturated heterocycles. The van der Waals surface area contributed by atoms with Crippen LogP contribution < -0.4 is 14.2 Å². The number of halogens is 1. The fourth-order valence-corrected chi connectivity index (χ4v) is 4.45. The number of nitrogens with zero attached hydrogens (tertiary/aromatic N) is 2. The topological polar surface area (TPSA) is 107 Å². The van der Waals surface area contributed by atoms with Crippen LogP contribution >= 0.6 is 0 Å². The zero-order valence-electron chi connectivity index (χ0n) is 21.6. The molecule has 1 N–H and O–H groups in total. The summed E-state index contributed by atoms with van der Waals surface area (Å²) in [7, 11) is -4.23. The van der Waals surface area contributed by atoms with Gasteiger partial charge in [-0.3, -0.25) is 4.79 Å². The average molecular weight is 534 g/mol. The minimum absolute atomic E-state index is 0. The summed E-state index contributed by atoms with van der Waals surface area (Å²) in [6.07, 6.45) is 1.22. The van der Waals surface area contributed by atoms with Crippen molar-refractivity contribution in [3.05, 3.63) is 65.6 Å². The molecule has 0 saturated carbocycles. The summed E-state index contributed by atoms with van der Waals surface area (Å²) in [4.78, 5) is 21.5. The first-order valence-corrected chi connectivity index (χ1v) is 13.6. The monoisotopic (exact) mass is 533 g/mol. The van der Waals surface area contributed by atoms with Crippen molar-refractivity contribution in [2.24, 2.45) is 5.92 Å². The first-order valence-electron chi connectivity index (χ1n) is 12.1. The number of nitrogens with one attached hydrogen (secondary N) is 1. The van der Waals surface area contributed by atoms with Crippen LogP contribution in [0.4, 0.5) is 4.39 Å². The molecule has 0 fully saturated rings. The highest BCUT2D eigenvalue weighted by atomic mass is 32.2. The van der Waals surface area contributed by atoms with E-state index in [-0.39, 0.29) is 31.3 Å². The Hall–Kier alpha value is -3.53. The van der Waals surface area contributed by atoms with Crippen LogP contribution in [-0.4, -0.2) is 37.0 Å². The Balaban J connectivity index is 0.00000380. The third-order valence-corrected chi connectivity index (χ3v) is 6.46. The molecule has 202 valence electrons. The smallest absolute Gasteiger partial charge is 0.281 e. The van der Waals surface area contributed by atoms with Crippen LogP contribution in [0.1, 0.15) is 59.4 Å². The molecule has 1 unspecified atom stereocenters. The highest BCUT2D eigenvalue weighted by Gasteiger charge is 2.24. The van der Waals surface area contributed by atoms with E-state index in [1.807, 2.05) is 32.4 Å². The minimum Gasteiger partial charge on any atom is -0.493 e. The van der Waals surface area contributed by atoms with Gasteiger partial charge in [-0.2, -0.15) is 8.42 Å². The number of ether oxygens (including phenoxy) is 2. The van der Waals surface area contributed by atoms with Crippen molar-refractivity contribution in [1.82, 2.24) is 14.7 Å². The lowest BCUT2D eigenvalue weighted by Crippen LogP contribution is -2.32. The molecule has 3 aromatic rings. The molecule has 37 heavy (non-hydrogen) atoms. The minimum atomic E-state index is -4.23. The average Bonchev–Trinajstić information content (AvgIpc) is 2.82. The fourth-order valence-electron chi connectivity index (χ4n) is 3.47. The molecule has 0 aliphatic carbocycles. The molecule has 0 spiro atoms. The second kappa shape index (κ2) is 12.1. The molecule has 2 heterocycles. The van der Waals surface area contributed by atoms with E-state index in [9.17, 15) is 17.6 Å². The lowest BCUT2D eigenvalue weighted by atomic mass is 10.1. The van der Waals surface area contributed by atoms with Crippen molar-refractivity contribution < 1.29 is 29.9 Å². The molecule has 1 amide bonds.